The number of amides is 2. The third kappa shape index (κ3) is 3.18. The van der Waals surface area contributed by atoms with Crippen molar-refractivity contribution in [2.24, 2.45) is 10.9 Å². The zero-order valence-corrected chi connectivity index (χ0v) is 14.2. The first-order valence-corrected chi connectivity index (χ1v) is 7.90. The van der Waals surface area contributed by atoms with Gasteiger partial charge in [-0.05, 0) is 56.8 Å². The van der Waals surface area contributed by atoms with E-state index < -0.39 is 23.6 Å². The molecule has 0 saturated heterocycles. The van der Waals surface area contributed by atoms with Crippen LogP contribution in [0.1, 0.15) is 39.3 Å². The molecule has 2 atom stereocenters. The van der Waals surface area contributed by atoms with Crippen LogP contribution in [0.5, 0.6) is 0 Å². The van der Waals surface area contributed by atoms with Crippen LogP contribution in [0.25, 0.3) is 10.9 Å². The number of urea groups is 1. The van der Waals surface area contributed by atoms with Gasteiger partial charge in [-0.25, -0.2) is 9.79 Å². The van der Waals surface area contributed by atoms with Gasteiger partial charge in [0.1, 0.15) is 11.5 Å². The van der Waals surface area contributed by atoms with Crippen LogP contribution in [-0.4, -0.2) is 28.3 Å². The third-order valence-electron chi connectivity index (χ3n) is 3.94. The fourth-order valence-corrected chi connectivity index (χ4v) is 2.93. The highest BCUT2D eigenvalue weighted by molar-refractivity contribution is 6.08. The SMILES string of the molecule is CC1=NC(=O)NC(c2ccc3[nH]ccc3c2)C1C(=O)OC(C)(C)C. The van der Waals surface area contributed by atoms with Gasteiger partial charge in [0.15, 0.2) is 0 Å². The van der Waals surface area contributed by atoms with E-state index >= 15 is 0 Å². The molecule has 0 fully saturated rings. The first kappa shape index (κ1) is 16.2. The quantitative estimate of drug-likeness (QED) is 0.830. The molecule has 2 heterocycles. The lowest BCUT2D eigenvalue weighted by atomic mass is 9.87. The number of benzene rings is 1. The molecule has 126 valence electrons. The minimum atomic E-state index is -0.640. The lowest BCUT2D eigenvalue weighted by Crippen LogP contribution is -2.45. The largest absolute Gasteiger partial charge is 0.459 e. The van der Waals surface area contributed by atoms with Crippen LogP contribution < -0.4 is 5.32 Å². The number of H-pyrrole nitrogens is 1. The average Bonchev–Trinajstić information content (AvgIpc) is 2.91. The molecule has 1 aliphatic heterocycles. The first-order chi connectivity index (χ1) is 11.2. The lowest BCUT2D eigenvalue weighted by molar-refractivity contribution is -0.158. The Morgan fingerprint density at radius 2 is 2.00 bits per heavy atom. The molecule has 6 nitrogen and oxygen atoms in total. The Kier molecular flexibility index (Phi) is 3.91. The van der Waals surface area contributed by atoms with Crippen LogP contribution >= 0.6 is 0 Å². The maximum atomic E-state index is 12.7. The Morgan fingerprint density at radius 3 is 2.71 bits per heavy atom. The third-order valence-corrected chi connectivity index (χ3v) is 3.94. The Morgan fingerprint density at radius 1 is 1.25 bits per heavy atom. The molecule has 0 radical (unpaired) electrons. The number of aliphatic imine (C=N–C) groups is 1. The van der Waals surface area contributed by atoms with Gasteiger partial charge >= 0.3 is 12.0 Å². The minimum absolute atomic E-state index is 0.386. The number of aromatic amines is 1. The Labute approximate surface area is 140 Å². The van der Waals surface area contributed by atoms with Gasteiger partial charge in [0, 0.05) is 17.4 Å². The van der Waals surface area contributed by atoms with Gasteiger partial charge in [-0.15, -0.1) is 0 Å². The summed E-state index contributed by atoms with van der Waals surface area (Å²) in [5.74, 6) is -1.03. The summed E-state index contributed by atoms with van der Waals surface area (Å²) in [6.45, 7) is 7.15. The topological polar surface area (TPSA) is 83.5 Å². The van der Waals surface area contributed by atoms with Gasteiger partial charge in [0.25, 0.3) is 0 Å². The summed E-state index contributed by atoms with van der Waals surface area (Å²) in [5, 5.41) is 3.82. The van der Waals surface area contributed by atoms with Crippen LogP contribution in [0.15, 0.2) is 35.5 Å². The normalized spacial score (nSPS) is 21.3. The molecule has 2 N–H and O–H groups in total. The van der Waals surface area contributed by atoms with Crippen molar-refractivity contribution in [3.8, 4) is 0 Å². The molecule has 0 spiro atoms. The summed E-state index contributed by atoms with van der Waals surface area (Å²) < 4.78 is 5.53. The summed E-state index contributed by atoms with van der Waals surface area (Å²) in [4.78, 5) is 31.6. The predicted octanol–water partition coefficient (Wildman–Crippen LogP) is 3.35. The van der Waals surface area contributed by atoms with Gasteiger partial charge < -0.3 is 15.0 Å². The highest BCUT2D eigenvalue weighted by atomic mass is 16.6. The molecular formula is C18H21N3O3. The number of hydrogen-bond donors (Lipinski definition) is 2. The first-order valence-electron chi connectivity index (χ1n) is 7.90. The smallest absolute Gasteiger partial charge is 0.341 e. The van der Waals surface area contributed by atoms with Crippen molar-refractivity contribution < 1.29 is 14.3 Å². The van der Waals surface area contributed by atoms with E-state index in [0.29, 0.717) is 5.71 Å². The fraction of sp³-hybridized carbons (Fsp3) is 0.389. The molecule has 2 amide bonds. The molecule has 3 rings (SSSR count). The number of esters is 1. The van der Waals surface area contributed by atoms with E-state index in [1.807, 2.05) is 51.2 Å². The number of ether oxygens (including phenoxy) is 1. The summed E-state index contributed by atoms with van der Waals surface area (Å²) >= 11 is 0. The maximum Gasteiger partial charge on any atom is 0.341 e. The van der Waals surface area contributed by atoms with E-state index in [1.54, 1.807) is 6.92 Å². The zero-order chi connectivity index (χ0) is 17.5. The summed E-state index contributed by atoms with van der Waals surface area (Å²) in [6.07, 6.45) is 1.85. The number of rotatable bonds is 2. The second-order valence-corrected chi connectivity index (χ2v) is 7.02. The summed E-state index contributed by atoms with van der Waals surface area (Å²) in [7, 11) is 0. The van der Waals surface area contributed by atoms with E-state index in [1.165, 1.54) is 0 Å². The van der Waals surface area contributed by atoms with Crippen molar-refractivity contribution in [1.29, 1.82) is 0 Å². The van der Waals surface area contributed by atoms with Crippen LogP contribution in [0.3, 0.4) is 0 Å². The second-order valence-electron chi connectivity index (χ2n) is 7.02. The number of fused-ring (bicyclic) bond motifs is 1. The van der Waals surface area contributed by atoms with Gasteiger partial charge in [0.2, 0.25) is 0 Å². The number of carbonyl (C=O) groups excluding carboxylic acids is 2. The van der Waals surface area contributed by atoms with Crippen molar-refractivity contribution in [3.63, 3.8) is 0 Å². The Hall–Kier alpha value is -2.63. The Balaban J connectivity index is 2.00. The molecular weight excluding hydrogens is 306 g/mol. The van der Waals surface area contributed by atoms with Crippen molar-refractivity contribution in [1.82, 2.24) is 10.3 Å². The van der Waals surface area contributed by atoms with Crippen molar-refractivity contribution in [3.05, 3.63) is 36.0 Å². The van der Waals surface area contributed by atoms with Crippen LogP contribution in [0.4, 0.5) is 4.79 Å². The minimum Gasteiger partial charge on any atom is -0.459 e. The molecule has 1 aliphatic rings. The monoisotopic (exact) mass is 327 g/mol. The predicted molar refractivity (Wildman–Crippen MR) is 92.0 cm³/mol. The van der Waals surface area contributed by atoms with Crippen molar-refractivity contribution in [2.45, 2.75) is 39.3 Å². The maximum absolute atomic E-state index is 12.7. The molecule has 0 saturated carbocycles. The molecule has 2 unspecified atom stereocenters. The average molecular weight is 327 g/mol. The fourth-order valence-electron chi connectivity index (χ4n) is 2.93. The number of nitrogens with zero attached hydrogens (tertiary/aromatic N) is 1. The van der Waals surface area contributed by atoms with Crippen molar-refractivity contribution >= 4 is 28.6 Å². The highest BCUT2D eigenvalue weighted by Gasteiger charge is 2.39. The van der Waals surface area contributed by atoms with Crippen molar-refractivity contribution in [2.75, 3.05) is 0 Å². The number of carbonyl (C=O) groups is 2. The molecule has 1 aromatic heterocycles. The number of hydrogen-bond acceptors (Lipinski definition) is 3. The number of aromatic nitrogens is 1. The van der Waals surface area contributed by atoms with E-state index in [9.17, 15) is 9.59 Å². The van der Waals surface area contributed by atoms with Crippen LogP contribution in [-0.2, 0) is 9.53 Å². The van der Waals surface area contributed by atoms with Gasteiger partial charge in [0.05, 0.1) is 6.04 Å². The second kappa shape index (κ2) is 5.78. The summed E-state index contributed by atoms with van der Waals surface area (Å²) in [5.41, 5.74) is 1.71. The molecule has 6 heteroatoms. The molecule has 2 aromatic rings. The lowest BCUT2D eigenvalue weighted by Gasteiger charge is -2.32. The Bertz CT molecular complexity index is 829. The van der Waals surface area contributed by atoms with E-state index in [0.717, 1.165) is 16.5 Å². The van der Waals surface area contributed by atoms with Gasteiger partial charge in [-0.1, -0.05) is 6.07 Å². The molecule has 0 aliphatic carbocycles. The number of nitrogens with one attached hydrogen (secondary N) is 2. The van der Waals surface area contributed by atoms with Gasteiger partial charge in [-0.2, -0.15) is 0 Å². The summed E-state index contributed by atoms with van der Waals surface area (Å²) in [6, 6.07) is 6.82. The molecule has 24 heavy (non-hydrogen) atoms. The molecule has 0 bridgehead atoms. The van der Waals surface area contributed by atoms with E-state index in [4.69, 9.17) is 4.74 Å². The zero-order valence-electron chi connectivity index (χ0n) is 14.2. The highest BCUT2D eigenvalue weighted by Crippen LogP contribution is 2.31. The van der Waals surface area contributed by atoms with E-state index in [2.05, 4.69) is 15.3 Å². The molecule has 1 aromatic carbocycles. The van der Waals surface area contributed by atoms with Crippen LogP contribution in [0, 0.1) is 5.92 Å². The van der Waals surface area contributed by atoms with Gasteiger partial charge in [-0.3, -0.25) is 4.79 Å². The standard InChI is InChI=1S/C18H21N3O3/c1-10-14(16(22)24-18(2,3)4)15(21-17(23)20-10)12-5-6-13-11(9-12)7-8-19-13/h5-9,14-15,19H,1-4H3,(H,21,23). The van der Waals surface area contributed by atoms with Crippen LogP contribution in [0.2, 0.25) is 0 Å². The van der Waals surface area contributed by atoms with E-state index in [-0.39, 0.29) is 5.97 Å².